The van der Waals surface area contributed by atoms with Gasteiger partial charge >= 0.3 is 0 Å². The summed E-state index contributed by atoms with van der Waals surface area (Å²) < 4.78 is 0. The third kappa shape index (κ3) is 1.55. The fraction of sp³-hybridized carbons (Fsp3) is 0.636. The normalized spacial score (nSPS) is 23.7. The van der Waals surface area contributed by atoms with Gasteiger partial charge < -0.3 is 9.80 Å². The first-order valence-electron chi connectivity index (χ1n) is 5.55. The maximum atomic E-state index is 12.1. The predicted molar refractivity (Wildman–Crippen MR) is 62.6 cm³/mol. The monoisotopic (exact) mass is 237 g/mol. The van der Waals surface area contributed by atoms with Crippen molar-refractivity contribution in [3.63, 3.8) is 0 Å². The summed E-state index contributed by atoms with van der Waals surface area (Å²) >= 11 is 1.43. The minimum absolute atomic E-state index is 0.161. The van der Waals surface area contributed by atoms with Crippen molar-refractivity contribution in [2.24, 2.45) is 5.41 Å². The minimum atomic E-state index is 0.161. The summed E-state index contributed by atoms with van der Waals surface area (Å²) in [4.78, 5) is 21.1. The smallest absolute Gasteiger partial charge is 0.265 e. The van der Waals surface area contributed by atoms with E-state index in [-0.39, 0.29) is 5.91 Å². The standard InChI is InChI=1S/C11H15N3OS/c1-13-5-11(6-13)2-3-14(7-11)10(15)9-4-12-8-16-9/h4,8H,2-3,5-7H2,1H3. The van der Waals surface area contributed by atoms with Crippen LogP contribution in [0, 0.1) is 5.41 Å². The van der Waals surface area contributed by atoms with Gasteiger partial charge in [0, 0.05) is 31.6 Å². The molecule has 3 heterocycles. The maximum Gasteiger partial charge on any atom is 0.265 e. The molecule has 0 N–H and O–H groups in total. The fourth-order valence-corrected chi connectivity index (χ4v) is 3.53. The molecule has 5 heteroatoms. The Bertz CT molecular complexity index is 397. The van der Waals surface area contributed by atoms with Crippen LogP contribution in [0.3, 0.4) is 0 Å². The van der Waals surface area contributed by atoms with Crippen molar-refractivity contribution in [2.45, 2.75) is 6.42 Å². The molecule has 2 saturated heterocycles. The predicted octanol–water partition coefficient (Wildman–Crippen LogP) is 0.921. The van der Waals surface area contributed by atoms with Gasteiger partial charge in [-0.25, -0.2) is 0 Å². The van der Waals surface area contributed by atoms with Crippen LogP contribution in [-0.2, 0) is 0 Å². The van der Waals surface area contributed by atoms with Crippen LogP contribution < -0.4 is 0 Å². The molecule has 3 rings (SSSR count). The lowest BCUT2D eigenvalue weighted by atomic mass is 9.79. The van der Waals surface area contributed by atoms with Gasteiger partial charge in [-0.3, -0.25) is 9.78 Å². The van der Waals surface area contributed by atoms with E-state index in [9.17, 15) is 4.79 Å². The summed E-state index contributed by atoms with van der Waals surface area (Å²) in [6, 6.07) is 0. The molecule has 0 radical (unpaired) electrons. The highest BCUT2D eigenvalue weighted by Crippen LogP contribution is 2.39. The number of aromatic nitrogens is 1. The van der Waals surface area contributed by atoms with E-state index >= 15 is 0 Å². The van der Waals surface area contributed by atoms with Crippen LogP contribution in [0.25, 0.3) is 0 Å². The Hall–Kier alpha value is -0.940. The number of hydrogen-bond donors (Lipinski definition) is 0. The van der Waals surface area contributed by atoms with Gasteiger partial charge in [0.25, 0.3) is 5.91 Å². The van der Waals surface area contributed by atoms with Crippen LogP contribution in [0.5, 0.6) is 0 Å². The fourth-order valence-electron chi connectivity index (χ4n) is 2.94. The van der Waals surface area contributed by atoms with Gasteiger partial charge in [-0.05, 0) is 13.5 Å². The zero-order valence-electron chi connectivity index (χ0n) is 9.35. The number of thiazole rings is 1. The second kappa shape index (κ2) is 3.53. The highest BCUT2D eigenvalue weighted by Gasteiger charge is 2.47. The van der Waals surface area contributed by atoms with Crippen molar-refractivity contribution in [1.82, 2.24) is 14.8 Å². The van der Waals surface area contributed by atoms with Crippen LogP contribution in [0.1, 0.15) is 16.1 Å². The zero-order chi connectivity index (χ0) is 11.2. The molecular formula is C11H15N3OS. The van der Waals surface area contributed by atoms with E-state index in [0.717, 1.165) is 37.5 Å². The van der Waals surface area contributed by atoms with Crippen molar-refractivity contribution in [1.29, 1.82) is 0 Å². The Morgan fingerprint density at radius 3 is 2.94 bits per heavy atom. The van der Waals surface area contributed by atoms with Gasteiger partial charge in [-0.1, -0.05) is 0 Å². The molecule has 1 amide bonds. The summed E-state index contributed by atoms with van der Waals surface area (Å²) in [5.41, 5.74) is 2.12. The first-order valence-corrected chi connectivity index (χ1v) is 6.43. The van der Waals surface area contributed by atoms with E-state index in [1.807, 2.05) is 4.90 Å². The molecule has 0 aliphatic carbocycles. The lowest BCUT2D eigenvalue weighted by Crippen LogP contribution is -2.55. The molecule has 0 saturated carbocycles. The van der Waals surface area contributed by atoms with E-state index in [1.165, 1.54) is 11.3 Å². The Morgan fingerprint density at radius 2 is 2.31 bits per heavy atom. The van der Waals surface area contributed by atoms with Gasteiger partial charge in [-0.15, -0.1) is 11.3 Å². The number of carbonyl (C=O) groups is 1. The number of nitrogens with zero attached hydrogens (tertiary/aromatic N) is 3. The summed E-state index contributed by atoms with van der Waals surface area (Å²) in [5, 5.41) is 0. The average Bonchev–Trinajstić information content (AvgIpc) is 2.83. The number of hydrogen-bond acceptors (Lipinski definition) is 4. The van der Waals surface area contributed by atoms with Crippen molar-refractivity contribution in [3.8, 4) is 0 Å². The summed E-state index contributed by atoms with van der Waals surface area (Å²) in [5.74, 6) is 0.161. The molecule has 2 aliphatic rings. The van der Waals surface area contributed by atoms with Crippen LogP contribution in [0.15, 0.2) is 11.7 Å². The molecule has 0 aromatic carbocycles. The van der Waals surface area contributed by atoms with Crippen molar-refractivity contribution in [2.75, 3.05) is 33.2 Å². The molecule has 1 aromatic heterocycles. The molecule has 16 heavy (non-hydrogen) atoms. The largest absolute Gasteiger partial charge is 0.337 e. The molecule has 86 valence electrons. The van der Waals surface area contributed by atoms with Gasteiger partial charge in [0.1, 0.15) is 4.88 Å². The number of amides is 1. The van der Waals surface area contributed by atoms with Gasteiger partial charge in [0.2, 0.25) is 0 Å². The van der Waals surface area contributed by atoms with Crippen molar-refractivity contribution < 1.29 is 4.79 Å². The molecule has 1 spiro atoms. The molecule has 0 unspecified atom stereocenters. The molecule has 0 atom stereocenters. The molecule has 2 fully saturated rings. The van der Waals surface area contributed by atoms with E-state index in [2.05, 4.69) is 16.9 Å². The molecular weight excluding hydrogens is 222 g/mol. The third-order valence-electron chi connectivity index (χ3n) is 3.58. The average molecular weight is 237 g/mol. The van der Waals surface area contributed by atoms with Gasteiger partial charge in [0.15, 0.2) is 0 Å². The molecule has 1 aromatic rings. The Balaban J connectivity index is 1.68. The van der Waals surface area contributed by atoms with E-state index in [0.29, 0.717) is 5.41 Å². The third-order valence-corrected chi connectivity index (χ3v) is 4.34. The topological polar surface area (TPSA) is 36.4 Å². The van der Waals surface area contributed by atoms with Crippen molar-refractivity contribution in [3.05, 3.63) is 16.6 Å². The maximum absolute atomic E-state index is 12.1. The van der Waals surface area contributed by atoms with E-state index in [4.69, 9.17) is 0 Å². The van der Waals surface area contributed by atoms with Crippen LogP contribution >= 0.6 is 11.3 Å². The lowest BCUT2D eigenvalue weighted by molar-refractivity contribution is 0.0294. The van der Waals surface area contributed by atoms with E-state index < -0.39 is 0 Å². The zero-order valence-corrected chi connectivity index (χ0v) is 10.2. The first kappa shape index (κ1) is 10.2. The number of rotatable bonds is 1. The Morgan fingerprint density at radius 1 is 1.50 bits per heavy atom. The number of carbonyl (C=O) groups excluding carboxylic acids is 1. The highest BCUT2D eigenvalue weighted by atomic mass is 32.1. The second-order valence-corrected chi connectivity index (χ2v) is 5.90. The van der Waals surface area contributed by atoms with Crippen molar-refractivity contribution >= 4 is 17.2 Å². The second-order valence-electron chi connectivity index (χ2n) is 5.01. The van der Waals surface area contributed by atoms with Crippen LogP contribution in [0.2, 0.25) is 0 Å². The first-order chi connectivity index (χ1) is 7.69. The van der Waals surface area contributed by atoms with Crippen LogP contribution in [-0.4, -0.2) is 53.9 Å². The van der Waals surface area contributed by atoms with E-state index in [1.54, 1.807) is 11.7 Å². The summed E-state index contributed by atoms with van der Waals surface area (Å²) in [7, 11) is 2.14. The van der Waals surface area contributed by atoms with Gasteiger partial charge in [-0.2, -0.15) is 0 Å². The number of likely N-dealkylation sites (tertiary alicyclic amines) is 2. The lowest BCUT2D eigenvalue weighted by Gasteiger charge is -2.46. The SMILES string of the molecule is CN1CC2(CCN(C(=O)c3cncs3)C2)C1. The summed E-state index contributed by atoms with van der Waals surface area (Å²) in [6.07, 6.45) is 2.83. The minimum Gasteiger partial charge on any atom is -0.337 e. The molecule has 0 bridgehead atoms. The quantitative estimate of drug-likeness (QED) is 0.729. The van der Waals surface area contributed by atoms with Crippen LogP contribution in [0.4, 0.5) is 0 Å². The van der Waals surface area contributed by atoms with Gasteiger partial charge in [0.05, 0.1) is 11.7 Å². The highest BCUT2D eigenvalue weighted by molar-refractivity contribution is 7.11. The summed E-state index contributed by atoms with van der Waals surface area (Å²) in [6.45, 7) is 4.11. The Labute approximate surface area is 98.9 Å². The molecule has 4 nitrogen and oxygen atoms in total. The Kier molecular flexibility index (Phi) is 2.26. The molecule has 2 aliphatic heterocycles.